The second kappa shape index (κ2) is 26.4. The van der Waals surface area contributed by atoms with Crippen LogP contribution in [0, 0.1) is 0 Å². The van der Waals surface area contributed by atoms with Crippen LogP contribution in [0.2, 0.25) is 0 Å². The maximum absolute atomic E-state index is 12.8. The average molecular weight is 1140 g/mol. The minimum absolute atomic E-state index is 0.173. The summed E-state index contributed by atoms with van der Waals surface area (Å²) in [6.45, 7) is 9.23. The predicted octanol–water partition coefficient (Wildman–Crippen LogP) is 3.11. The lowest BCUT2D eigenvalue weighted by Gasteiger charge is -2.27. The SMILES string of the molecule is CC1(C)C(/C=C/C=C(/C=C/C=C2/N(CCS(=O)(=O)[O-])c3ccc(S(=O)(=O)[O-])cc3C2(C)C)CCCCC(=O)NCCCOCCOCCOCCCN2C(=O)C=CC2=O)=[N+](CCS(=O)(=O)[O-])c2ccc(S(=O)(=O)[O-])cc21. The predicted molar refractivity (Wildman–Crippen MR) is 275 cm³/mol. The molecular formula is C50H63N4O18S4-3. The lowest BCUT2D eigenvalue weighted by Crippen LogP contribution is -2.31. The maximum Gasteiger partial charge on any atom is 0.253 e. The summed E-state index contributed by atoms with van der Waals surface area (Å²) in [5, 5.41) is 2.88. The average Bonchev–Trinajstić information content (AvgIpc) is 3.84. The van der Waals surface area contributed by atoms with Gasteiger partial charge in [0.25, 0.3) is 11.8 Å². The number of imide groups is 1. The van der Waals surface area contributed by atoms with E-state index in [1.807, 2.05) is 0 Å². The molecule has 0 aromatic heterocycles. The van der Waals surface area contributed by atoms with Gasteiger partial charge in [-0.1, -0.05) is 38.2 Å². The number of fused-ring (bicyclic) bond motifs is 2. The zero-order chi connectivity index (χ0) is 56.1. The highest BCUT2D eigenvalue weighted by molar-refractivity contribution is 7.86. The summed E-state index contributed by atoms with van der Waals surface area (Å²) >= 11 is 0. The Morgan fingerprint density at radius 3 is 1.83 bits per heavy atom. The molecule has 0 saturated carbocycles. The third-order valence-corrected chi connectivity index (χ3v) is 15.8. The minimum Gasteiger partial charge on any atom is -0.748 e. The van der Waals surface area contributed by atoms with Crippen molar-refractivity contribution in [2.45, 2.75) is 86.8 Å². The van der Waals surface area contributed by atoms with Crippen molar-refractivity contribution in [1.29, 1.82) is 0 Å². The first-order valence-corrected chi connectivity index (χ1v) is 30.3. The lowest BCUT2D eigenvalue weighted by atomic mass is 9.81. The van der Waals surface area contributed by atoms with Crippen LogP contribution >= 0.6 is 0 Å². The van der Waals surface area contributed by atoms with Gasteiger partial charge in [0, 0.05) is 85.9 Å². The zero-order valence-electron chi connectivity index (χ0n) is 42.6. The molecule has 0 unspecified atom stereocenters. The maximum atomic E-state index is 12.8. The number of unbranched alkanes of at least 4 members (excludes halogenated alkanes) is 1. The first-order chi connectivity index (χ1) is 35.5. The minimum atomic E-state index is -4.86. The monoisotopic (exact) mass is 1140 g/mol. The van der Waals surface area contributed by atoms with E-state index in [-0.39, 0.29) is 43.8 Å². The smallest absolute Gasteiger partial charge is 0.253 e. The van der Waals surface area contributed by atoms with E-state index >= 15 is 0 Å². The molecule has 2 aromatic rings. The normalized spacial score (nSPS) is 17.3. The summed E-state index contributed by atoms with van der Waals surface area (Å²) in [6.07, 6.45) is 15.4. The number of rotatable bonds is 31. The fourth-order valence-corrected chi connectivity index (χ4v) is 10.7. The zero-order valence-corrected chi connectivity index (χ0v) is 45.9. The number of nitrogens with one attached hydrogen (secondary N) is 1. The molecule has 5 rings (SSSR count). The standard InChI is InChI=1S/C50H66N4O18S4/c1-49(2)40-35-38(75(64,65)66)17-19-42(40)52(25-33-73(58,59)60)44(49)14-7-12-37(13-8-15-45-50(3,4)41-36-39(76(67,68)69)18-20-43(41)53(45)26-34-74(61,62)63)11-5-6-16-46(55)51-23-9-27-70-29-31-72-32-30-71-28-10-24-54-47(56)21-22-48(54)57/h7-8,12-15,17-22,35-36H,5-6,9-11,16,23-34H2,1-4H3,(H4-,51,55,58,59,60,61,62,63,64,65,66,67,68,69)/p-3. The van der Waals surface area contributed by atoms with E-state index in [1.165, 1.54) is 36.4 Å². The molecule has 3 amide bonds. The van der Waals surface area contributed by atoms with Gasteiger partial charge in [0.15, 0.2) is 12.3 Å². The number of hydrogen-bond acceptors (Lipinski definition) is 19. The lowest BCUT2D eigenvalue weighted by molar-refractivity contribution is -0.432. The van der Waals surface area contributed by atoms with Crippen LogP contribution in [-0.2, 0) is 79.9 Å². The molecule has 3 aliphatic rings. The molecule has 1 N–H and O–H groups in total. The quantitative estimate of drug-likeness (QED) is 0.0373. The van der Waals surface area contributed by atoms with Gasteiger partial charge in [0.05, 0.1) is 63.3 Å². The topological polar surface area (TPSA) is 329 Å². The van der Waals surface area contributed by atoms with Crippen LogP contribution in [-0.4, -0.2) is 162 Å². The Bertz CT molecular complexity index is 3120. The number of amides is 3. The highest BCUT2D eigenvalue weighted by atomic mass is 32.2. The molecule has 3 aliphatic heterocycles. The van der Waals surface area contributed by atoms with Gasteiger partial charge in [-0.25, -0.2) is 33.7 Å². The van der Waals surface area contributed by atoms with Crippen molar-refractivity contribution in [2.75, 3.05) is 82.2 Å². The van der Waals surface area contributed by atoms with E-state index in [1.54, 1.807) is 73.6 Å². The van der Waals surface area contributed by atoms with E-state index < -0.39 is 72.6 Å². The van der Waals surface area contributed by atoms with E-state index in [9.17, 15) is 66.3 Å². The number of ether oxygens (including phenoxy) is 3. The fraction of sp³-hybridized carbons (Fsp3) is 0.480. The molecule has 0 bridgehead atoms. The molecule has 0 spiro atoms. The van der Waals surface area contributed by atoms with Crippen LogP contribution in [0.25, 0.3) is 0 Å². The molecule has 0 atom stereocenters. The van der Waals surface area contributed by atoms with Crippen LogP contribution in [0.5, 0.6) is 0 Å². The molecular weight excluding hydrogens is 1070 g/mol. The van der Waals surface area contributed by atoms with Gasteiger partial charge in [-0.15, -0.1) is 0 Å². The van der Waals surface area contributed by atoms with Crippen LogP contribution < -0.4 is 10.2 Å². The molecule has 0 aliphatic carbocycles. The highest BCUT2D eigenvalue weighted by Crippen LogP contribution is 2.48. The molecule has 0 saturated heterocycles. The van der Waals surface area contributed by atoms with Gasteiger partial charge in [-0.3, -0.25) is 19.3 Å². The molecule has 3 heterocycles. The van der Waals surface area contributed by atoms with Gasteiger partial charge < -0.3 is 42.6 Å². The van der Waals surface area contributed by atoms with E-state index in [4.69, 9.17) is 14.2 Å². The molecule has 2 aromatic carbocycles. The number of nitrogens with zero attached hydrogens (tertiary/aromatic N) is 3. The van der Waals surface area contributed by atoms with Crippen LogP contribution in [0.3, 0.4) is 0 Å². The number of hydrogen-bond donors (Lipinski definition) is 1. The fourth-order valence-electron chi connectivity index (χ4n) is 8.88. The summed E-state index contributed by atoms with van der Waals surface area (Å²) in [6, 6.07) is 7.45. The molecule has 26 heteroatoms. The third-order valence-electron chi connectivity index (χ3n) is 12.8. The van der Waals surface area contributed by atoms with Gasteiger partial charge in [0.1, 0.15) is 30.4 Å². The van der Waals surface area contributed by atoms with Crippen molar-refractivity contribution in [2.24, 2.45) is 0 Å². The second-order valence-electron chi connectivity index (χ2n) is 19.0. The molecule has 22 nitrogen and oxygen atoms in total. The highest BCUT2D eigenvalue weighted by Gasteiger charge is 2.45. The van der Waals surface area contributed by atoms with E-state index in [0.29, 0.717) is 118 Å². The third kappa shape index (κ3) is 17.6. The molecule has 76 heavy (non-hydrogen) atoms. The number of benzene rings is 2. The molecule has 0 radical (unpaired) electrons. The van der Waals surface area contributed by atoms with Crippen molar-refractivity contribution in [3.05, 3.63) is 107 Å². The van der Waals surface area contributed by atoms with E-state index in [0.717, 1.165) is 17.0 Å². The van der Waals surface area contributed by atoms with E-state index in [2.05, 4.69) is 5.32 Å². The van der Waals surface area contributed by atoms with Crippen molar-refractivity contribution >= 4 is 75.3 Å². The first kappa shape index (κ1) is 61.6. The number of anilines is 1. The summed E-state index contributed by atoms with van der Waals surface area (Å²) in [5.41, 5.74) is 1.32. The number of carbonyl (C=O) groups is 3. The van der Waals surface area contributed by atoms with Gasteiger partial charge in [-0.05, 0) is 93.5 Å². The van der Waals surface area contributed by atoms with Crippen LogP contribution in [0.15, 0.2) is 106 Å². The van der Waals surface area contributed by atoms with Gasteiger partial charge in [-0.2, -0.15) is 4.58 Å². The molecule has 418 valence electrons. The van der Waals surface area contributed by atoms with Crippen molar-refractivity contribution in [3.63, 3.8) is 0 Å². The van der Waals surface area contributed by atoms with Crippen LogP contribution in [0.1, 0.15) is 77.3 Å². The second-order valence-corrected chi connectivity index (χ2v) is 24.8. The Labute approximate surface area is 444 Å². The van der Waals surface area contributed by atoms with Gasteiger partial charge >= 0.3 is 0 Å². The van der Waals surface area contributed by atoms with Crippen LogP contribution in [0.4, 0.5) is 11.4 Å². The Balaban J connectivity index is 1.24. The summed E-state index contributed by atoms with van der Waals surface area (Å²) in [4.78, 5) is 37.7. The first-order valence-electron chi connectivity index (χ1n) is 24.3. The van der Waals surface area contributed by atoms with Crippen molar-refractivity contribution in [1.82, 2.24) is 10.2 Å². The largest absolute Gasteiger partial charge is 0.748 e. The number of allylic oxidation sites excluding steroid dienone is 8. The summed E-state index contributed by atoms with van der Waals surface area (Å²) < 4.78 is 161. The summed E-state index contributed by atoms with van der Waals surface area (Å²) in [5.74, 6) is -2.39. The Hall–Kier alpha value is -5.26. The summed E-state index contributed by atoms with van der Waals surface area (Å²) in [7, 11) is -19.1. The number of carbonyl (C=O) groups excluding carboxylic acids is 3. The van der Waals surface area contributed by atoms with Gasteiger partial charge in [0.2, 0.25) is 11.6 Å². The molecule has 0 fully saturated rings. The Kier molecular flexibility index (Phi) is 21.4. The Morgan fingerprint density at radius 2 is 1.22 bits per heavy atom. The van der Waals surface area contributed by atoms with Crippen molar-refractivity contribution in [3.8, 4) is 0 Å². The van der Waals surface area contributed by atoms with Crippen molar-refractivity contribution < 1.29 is 85.1 Å². The Morgan fingerprint density at radius 1 is 0.658 bits per heavy atom.